The number of hydrogen-bond donors (Lipinski definition) is 2. The number of rotatable bonds is 2. The van der Waals surface area contributed by atoms with Gasteiger partial charge in [-0.15, -0.1) is 0 Å². The van der Waals surface area contributed by atoms with E-state index in [1.807, 2.05) is 4.57 Å². The highest BCUT2D eigenvalue weighted by Crippen LogP contribution is 2.43. The molecule has 9 heteroatoms. The maximum Gasteiger partial charge on any atom is 0.248 e. The summed E-state index contributed by atoms with van der Waals surface area (Å²) in [5.41, 5.74) is 0.581. The maximum absolute atomic E-state index is 12.4. The van der Waals surface area contributed by atoms with E-state index < -0.39 is 15.6 Å². The molecule has 2 atom stereocenters. The monoisotopic (exact) mass is 388 g/mol. The molecule has 24 heavy (non-hydrogen) atoms. The number of hydrogen-bond acceptors (Lipinski definition) is 4. The molecule has 2 aliphatic heterocycles. The number of aromatic hydroxyl groups is 1. The number of phenols is 1. The van der Waals surface area contributed by atoms with Crippen LogP contribution in [0.5, 0.6) is 5.75 Å². The van der Waals surface area contributed by atoms with Crippen LogP contribution in [0, 0.1) is 0 Å². The van der Waals surface area contributed by atoms with Crippen LogP contribution < -0.4 is 0 Å². The van der Waals surface area contributed by atoms with Gasteiger partial charge < -0.3 is 19.7 Å². The van der Waals surface area contributed by atoms with Crippen molar-refractivity contribution in [1.29, 1.82) is 0 Å². The second-order valence-electron chi connectivity index (χ2n) is 6.17. The molecule has 3 rings (SSSR count). The van der Waals surface area contributed by atoms with Gasteiger partial charge >= 0.3 is 0 Å². The fourth-order valence-corrected chi connectivity index (χ4v) is 7.70. The third-order valence-corrected chi connectivity index (χ3v) is 8.94. The topological polar surface area (TPSA) is 81.1 Å². The lowest BCUT2D eigenvalue weighted by Crippen LogP contribution is -2.45. The van der Waals surface area contributed by atoms with Crippen molar-refractivity contribution in [3.63, 3.8) is 0 Å². The van der Waals surface area contributed by atoms with Gasteiger partial charge in [0.25, 0.3) is 0 Å². The van der Waals surface area contributed by atoms with Crippen molar-refractivity contribution in [1.82, 2.24) is 9.47 Å². The number of carbonyl (C=O) groups is 2. The smallest absolute Gasteiger partial charge is 0.248 e. The highest BCUT2D eigenvalue weighted by atomic mass is 35.5. The van der Waals surface area contributed by atoms with Crippen LogP contribution in [-0.2, 0) is 9.59 Å². The van der Waals surface area contributed by atoms with Crippen molar-refractivity contribution in [2.24, 2.45) is 0 Å². The third kappa shape index (κ3) is 3.13. The Hall–Kier alpha value is -1.28. The molecule has 0 aliphatic carbocycles. The third-order valence-electron chi connectivity index (χ3n) is 4.77. The van der Waals surface area contributed by atoms with E-state index in [1.165, 1.54) is 6.07 Å². The zero-order valence-corrected chi connectivity index (χ0v) is 15.6. The van der Waals surface area contributed by atoms with Crippen LogP contribution in [0.2, 0.25) is 16.1 Å². The van der Waals surface area contributed by atoms with Gasteiger partial charge in [0, 0.05) is 37.2 Å². The molecular formula is C15H18Cl2N2O4Si. The van der Waals surface area contributed by atoms with E-state index in [0.29, 0.717) is 40.9 Å². The summed E-state index contributed by atoms with van der Waals surface area (Å²) < 4.78 is 1.88. The molecule has 0 bridgehead atoms. The average Bonchev–Trinajstić information content (AvgIpc) is 2.91. The average molecular weight is 389 g/mol. The van der Waals surface area contributed by atoms with E-state index in [2.05, 4.69) is 0 Å². The van der Waals surface area contributed by atoms with Crippen LogP contribution in [0.1, 0.15) is 17.9 Å². The van der Waals surface area contributed by atoms with Crippen molar-refractivity contribution < 1.29 is 19.8 Å². The molecule has 0 unspecified atom stereocenters. The number of aliphatic hydroxyl groups excluding tert-OH is 1. The summed E-state index contributed by atoms with van der Waals surface area (Å²) in [4.78, 5) is 25.8. The number of carbonyl (C=O) groups excluding carboxylic acids is 2. The number of fused-ring (bicyclic) bond motifs is 1. The summed E-state index contributed by atoms with van der Waals surface area (Å²) >= 11 is 12.3. The summed E-state index contributed by atoms with van der Waals surface area (Å²) in [6.07, 6.45) is 0.776. The molecule has 2 saturated heterocycles. The minimum Gasteiger partial charge on any atom is -0.508 e. The van der Waals surface area contributed by atoms with E-state index in [9.17, 15) is 14.7 Å². The molecule has 6 nitrogen and oxygen atoms in total. The molecule has 0 spiro atoms. The summed E-state index contributed by atoms with van der Waals surface area (Å²) in [6.45, 7) is 0.302. The molecule has 1 aromatic rings. The van der Waals surface area contributed by atoms with Crippen LogP contribution >= 0.6 is 23.2 Å². The Balaban J connectivity index is 1.87. The number of benzene rings is 1. The Morgan fingerprint density at radius 2 is 2.12 bits per heavy atom. The minimum absolute atomic E-state index is 0.0278. The van der Waals surface area contributed by atoms with Crippen molar-refractivity contribution in [2.45, 2.75) is 18.4 Å². The van der Waals surface area contributed by atoms with Crippen LogP contribution in [0.3, 0.4) is 0 Å². The first-order valence-electron chi connectivity index (χ1n) is 7.77. The van der Waals surface area contributed by atoms with Gasteiger partial charge in [-0.05, 0) is 18.2 Å². The maximum atomic E-state index is 12.4. The fraction of sp³-hybridized carbons (Fsp3) is 0.467. The van der Waals surface area contributed by atoms with Crippen LogP contribution in [0.25, 0.3) is 0 Å². The summed E-state index contributed by atoms with van der Waals surface area (Å²) in [5.74, 6) is -0.318. The quantitative estimate of drug-likeness (QED) is 0.743. The van der Waals surface area contributed by atoms with Crippen LogP contribution in [0.4, 0.5) is 0 Å². The van der Waals surface area contributed by atoms with Gasteiger partial charge in [0.15, 0.2) is 8.96 Å². The van der Waals surface area contributed by atoms with Crippen LogP contribution in [0.15, 0.2) is 12.1 Å². The highest BCUT2D eigenvalue weighted by Gasteiger charge is 2.42. The molecule has 2 heterocycles. The summed E-state index contributed by atoms with van der Waals surface area (Å²) in [7, 11) is -1.74. The number of amides is 2. The molecule has 130 valence electrons. The number of halogens is 2. The largest absolute Gasteiger partial charge is 0.508 e. The lowest BCUT2D eigenvalue weighted by molar-refractivity contribution is -0.133. The second-order valence-corrected chi connectivity index (χ2v) is 9.73. The molecule has 2 amide bonds. The van der Waals surface area contributed by atoms with Crippen LogP contribution in [-0.4, -0.2) is 66.3 Å². The molecule has 2 aliphatic rings. The molecule has 2 N–H and O–H groups in total. The molecule has 0 saturated carbocycles. The van der Waals surface area contributed by atoms with Crippen molar-refractivity contribution >= 4 is 44.0 Å². The summed E-state index contributed by atoms with van der Waals surface area (Å²) in [6, 6.07) is 3.77. The zero-order chi connectivity index (χ0) is 17.4. The van der Waals surface area contributed by atoms with E-state index in [4.69, 9.17) is 28.3 Å². The SMILES string of the molecule is O=C(CO)N1CCC(=O)N2C[C@@H](c3c(O)ccc(Cl)c3Cl)C[Si@H]2C1. The van der Waals surface area contributed by atoms with E-state index in [1.54, 1.807) is 11.0 Å². The van der Waals surface area contributed by atoms with Gasteiger partial charge in [0.1, 0.15) is 12.4 Å². The normalized spacial score (nSPS) is 24.0. The van der Waals surface area contributed by atoms with E-state index in [-0.39, 0.29) is 29.9 Å². The number of nitrogens with zero attached hydrogens (tertiary/aromatic N) is 2. The van der Waals surface area contributed by atoms with Crippen molar-refractivity contribution in [3.05, 3.63) is 27.7 Å². The summed E-state index contributed by atoms with van der Waals surface area (Å²) in [5, 5.41) is 20.0. The predicted molar refractivity (Wildman–Crippen MR) is 92.8 cm³/mol. The lowest BCUT2D eigenvalue weighted by atomic mass is 9.99. The number of phenolic OH excluding ortho intramolecular Hbond substituents is 1. The molecular weight excluding hydrogens is 371 g/mol. The fourth-order valence-electron chi connectivity index (χ4n) is 3.60. The number of aliphatic hydroxyl groups is 1. The zero-order valence-electron chi connectivity index (χ0n) is 12.9. The molecule has 1 aromatic carbocycles. The Labute approximate surface area is 151 Å². The van der Waals surface area contributed by atoms with Gasteiger partial charge in [-0.2, -0.15) is 0 Å². The molecule has 0 radical (unpaired) electrons. The predicted octanol–water partition coefficient (Wildman–Crippen LogP) is 1.11. The first-order chi connectivity index (χ1) is 11.4. The Kier molecular flexibility index (Phi) is 5.05. The highest BCUT2D eigenvalue weighted by molar-refractivity contribution is 6.60. The van der Waals surface area contributed by atoms with Crippen molar-refractivity contribution in [3.8, 4) is 5.75 Å². The van der Waals surface area contributed by atoms with Gasteiger partial charge in [-0.1, -0.05) is 23.2 Å². The van der Waals surface area contributed by atoms with Crippen molar-refractivity contribution in [2.75, 3.05) is 25.9 Å². The Morgan fingerprint density at radius 1 is 1.38 bits per heavy atom. The molecule has 0 aromatic heterocycles. The van der Waals surface area contributed by atoms with E-state index in [0.717, 1.165) is 0 Å². The second kappa shape index (κ2) is 6.91. The lowest BCUT2D eigenvalue weighted by Gasteiger charge is -2.23. The van der Waals surface area contributed by atoms with Gasteiger partial charge in [-0.25, -0.2) is 0 Å². The standard InChI is InChI=1S/C15H18Cl2N2O4Si/c16-10-1-2-11(21)14(15(10)17)9-5-19-12(22)3-4-18(13(23)6-20)8-24(19)7-9/h1-2,9,20-21,24H,3-8H2/t9-,24+/m1/s1. The molecule has 2 fully saturated rings. The Morgan fingerprint density at radius 3 is 2.83 bits per heavy atom. The van der Waals surface area contributed by atoms with Gasteiger partial charge in [0.2, 0.25) is 11.8 Å². The first kappa shape index (κ1) is 17.5. The van der Waals surface area contributed by atoms with Gasteiger partial charge in [0.05, 0.1) is 10.0 Å². The van der Waals surface area contributed by atoms with E-state index >= 15 is 0 Å². The first-order valence-corrected chi connectivity index (χ1v) is 10.7. The minimum atomic E-state index is -1.74. The Bertz CT molecular complexity index is 688. The van der Waals surface area contributed by atoms with Gasteiger partial charge in [-0.3, -0.25) is 9.59 Å².